The van der Waals surface area contributed by atoms with Crippen molar-refractivity contribution < 1.29 is 9.32 Å². The zero-order valence-electron chi connectivity index (χ0n) is 11.4. The molecule has 0 saturated carbocycles. The van der Waals surface area contributed by atoms with Crippen molar-refractivity contribution in [2.24, 2.45) is 0 Å². The molecular weight excluding hydrogens is 250 g/mol. The summed E-state index contributed by atoms with van der Waals surface area (Å²) in [6, 6.07) is 1.84. The van der Waals surface area contributed by atoms with Gasteiger partial charge in [-0.1, -0.05) is 25.9 Å². The lowest BCUT2D eigenvalue weighted by Gasteiger charge is -2.18. The van der Waals surface area contributed by atoms with E-state index in [1.54, 1.807) is 28.6 Å². The predicted molar refractivity (Wildman–Crippen MR) is 73.0 cm³/mol. The Bertz CT molecular complexity index is 452. The molecule has 0 radical (unpaired) electrons. The van der Waals surface area contributed by atoms with Crippen LogP contribution in [0.5, 0.6) is 0 Å². The van der Waals surface area contributed by atoms with Gasteiger partial charge in [-0.3, -0.25) is 4.90 Å². The minimum Gasteiger partial charge on any atom is -0.359 e. The number of hydrogen-bond donors (Lipinski definition) is 0. The fourth-order valence-corrected chi connectivity index (χ4v) is 2.64. The van der Waals surface area contributed by atoms with Gasteiger partial charge < -0.3 is 9.42 Å². The van der Waals surface area contributed by atoms with Crippen LogP contribution in [-0.2, 0) is 5.41 Å². The highest BCUT2D eigenvalue weighted by molar-refractivity contribution is 7.99. The van der Waals surface area contributed by atoms with Gasteiger partial charge in [-0.05, 0) is 6.26 Å². The maximum atomic E-state index is 12.1. The molecule has 0 spiro atoms. The first-order valence-corrected chi connectivity index (χ1v) is 7.17. The quantitative estimate of drug-likeness (QED) is 0.828. The van der Waals surface area contributed by atoms with E-state index in [1.165, 1.54) is 0 Å². The van der Waals surface area contributed by atoms with E-state index < -0.39 is 0 Å². The van der Waals surface area contributed by atoms with Gasteiger partial charge in [0.25, 0.3) is 0 Å². The number of nitrogens with zero attached hydrogens (tertiary/aromatic N) is 3. The molecule has 0 N–H and O–H groups in total. The lowest BCUT2D eigenvalue weighted by atomic mass is 9.93. The highest BCUT2D eigenvalue weighted by Gasteiger charge is 2.38. The van der Waals surface area contributed by atoms with Crippen LogP contribution in [0.4, 0.5) is 10.6 Å². The van der Waals surface area contributed by atoms with Gasteiger partial charge in [-0.25, -0.2) is 4.79 Å². The Morgan fingerprint density at radius 1 is 1.50 bits per heavy atom. The molecule has 2 amide bonds. The minimum absolute atomic E-state index is 0.0249. The van der Waals surface area contributed by atoms with Gasteiger partial charge in [0.05, 0.1) is 6.54 Å². The Kier molecular flexibility index (Phi) is 3.31. The maximum Gasteiger partial charge on any atom is 0.326 e. The van der Waals surface area contributed by atoms with Crippen molar-refractivity contribution in [2.45, 2.75) is 31.6 Å². The number of amides is 2. The van der Waals surface area contributed by atoms with Gasteiger partial charge in [0.1, 0.15) is 11.1 Å². The van der Waals surface area contributed by atoms with Crippen molar-refractivity contribution in [3.05, 3.63) is 11.8 Å². The zero-order chi connectivity index (χ0) is 13.5. The number of thioether (sulfide) groups is 1. The molecule has 1 aliphatic heterocycles. The second-order valence-corrected chi connectivity index (χ2v) is 6.54. The monoisotopic (exact) mass is 269 g/mol. The Labute approximate surface area is 111 Å². The molecule has 1 saturated heterocycles. The Morgan fingerprint density at radius 3 is 2.67 bits per heavy atom. The molecule has 0 aromatic carbocycles. The van der Waals surface area contributed by atoms with E-state index in [2.05, 4.69) is 25.9 Å². The van der Waals surface area contributed by atoms with Gasteiger partial charge in [0.2, 0.25) is 0 Å². The number of aromatic nitrogens is 1. The van der Waals surface area contributed by atoms with Crippen LogP contribution in [0.2, 0.25) is 0 Å². The summed E-state index contributed by atoms with van der Waals surface area (Å²) < 4.78 is 5.35. The predicted octanol–water partition coefficient (Wildman–Crippen LogP) is 2.53. The molecule has 0 aliphatic carbocycles. The van der Waals surface area contributed by atoms with Crippen molar-refractivity contribution in [3.8, 4) is 0 Å². The Hall–Kier alpha value is -1.17. The number of hydrogen-bond acceptors (Lipinski definition) is 4. The summed E-state index contributed by atoms with van der Waals surface area (Å²) in [5, 5.41) is 4.14. The molecule has 1 atom stereocenters. The number of carbonyl (C=O) groups is 1. The van der Waals surface area contributed by atoms with E-state index in [0.29, 0.717) is 12.4 Å². The van der Waals surface area contributed by atoms with Crippen molar-refractivity contribution in [3.63, 3.8) is 0 Å². The molecule has 2 heterocycles. The van der Waals surface area contributed by atoms with Crippen molar-refractivity contribution >= 4 is 23.6 Å². The Balaban J connectivity index is 2.30. The topological polar surface area (TPSA) is 49.6 Å². The molecule has 1 fully saturated rings. The van der Waals surface area contributed by atoms with Crippen LogP contribution < -0.4 is 4.90 Å². The van der Waals surface area contributed by atoms with Crippen molar-refractivity contribution in [1.29, 1.82) is 0 Å². The molecule has 1 aromatic heterocycles. The third kappa shape index (κ3) is 2.21. The fraction of sp³-hybridized carbons (Fsp3) is 0.667. The molecule has 0 bridgehead atoms. The summed E-state index contributed by atoms with van der Waals surface area (Å²) >= 11 is 1.64. The number of carbonyl (C=O) groups excluding carboxylic acids is 1. The van der Waals surface area contributed by atoms with E-state index in [1.807, 2.05) is 12.3 Å². The largest absolute Gasteiger partial charge is 0.359 e. The highest BCUT2D eigenvalue weighted by atomic mass is 32.2. The molecule has 2 rings (SSSR count). The second kappa shape index (κ2) is 4.50. The maximum absolute atomic E-state index is 12.1. The summed E-state index contributed by atoms with van der Waals surface area (Å²) in [5.74, 6) is 1.40. The SMILES string of the molecule is CSC1CN(C)C(=O)N1c1cc(C(C)(C)C)on1. The summed E-state index contributed by atoms with van der Waals surface area (Å²) in [7, 11) is 1.80. The highest BCUT2D eigenvalue weighted by Crippen LogP contribution is 2.31. The van der Waals surface area contributed by atoms with E-state index in [9.17, 15) is 4.79 Å². The molecule has 6 heteroatoms. The van der Waals surface area contributed by atoms with E-state index >= 15 is 0 Å². The number of anilines is 1. The Morgan fingerprint density at radius 2 is 2.17 bits per heavy atom. The number of urea groups is 1. The smallest absolute Gasteiger partial charge is 0.326 e. The first-order chi connectivity index (χ1) is 8.34. The molecule has 1 aliphatic rings. The molecule has 5 nitrogen and oxygen atoms in total. The summed E-state index contributed by atoms with van der Waals surface area (Å²) in [4.78, 5) is 15.5. The average molecular weight is 269 g/mol. The minimum atomic E-state index is -0.102. The third-order valence-corrected chi connectivity index (χ3v) is 3.91. The van der Waals surface area contributed by atoms with E-state index in [4.69, 9.17) is 4.52 Å². The first kappa shape index (κ1) is 13.3. The van der Waals surface area contributed by atoms with Crippen LogP contribution in [0.3, 0.4) is 0 Å². The molecule has 100 valence electrons. The van der Waals surface area contributed by atoms with Gasteiger partial charge in [0, 0.05) is 18.5 Å². The summed E-state index contributed by atoms with van der Waals surface area (Å²) in [5.41, 5.74) is -0.102. The van der Waals surface area contributed by atoms with Crippen LogP contribution in [0.25, 0.3) is 0 Å². The van der Waals surface area contributed by atoms with Crippen LogP contribution >= 0.6 is 11.8 Å². The molecule has 18 heavy (non-hydrogen) atoms. The van der Waals surface area contributed by atoms with E-state index in [0.717, 1.165) is 5.76 Å². The molecule has 1 aromatic rings. The fourth-order valence-electron chi connectivity index (χ4n) is 1.86. The number of rotatable bonds is 2. The van der Waals surface area contributed by atoms with Gasteiger partial charge in [-0.15, -0.1) is 11.8 Å². The average Bonchev–Trinajstić information content (AvgIpc) is 2.84. The first-order valence-electron chi connectivity index (χ1n) is 5.89. The van der Waals surface area contributed by atoms with Crippen molar-refractivity contribution in [1.82, 2.24) is 10.1 Å². The van der Waals surface area contributed by atoms with Gasteiger partial charge in [-0.2, -0.15) is 0 Å². The van der Waals surface area contributed by atoms with Crippen molar-refractivity contribution in [2.75, 3.05) is 24.7 Å². The third-order valence-electron chi connectivity index (χ3n) is 3.01. The van der Waals surface area contributed by atoms with Crippen LogP contribution in [-0.4, -0.2) is 41.3 Å². The summed E-state index contributed by atoms with van der Waals surface area (Å²) in [6.45, 7) is 6.88. The van der Waals surface area contributed by atoms with Crippen LogP contribution in [0.1, 0.15) is 26.5 Å². The van der Waals surface area contributed by atoms with Crippen LogP contribution in [0.15, 0.2) is 10.6 Å². The van der Waals surface area contributed by atoms with E-state index in [-0.39, 0.29) is 16.8 Å². The second-order valence-electron chi connectivity index (χ2n) is 5.52. The standard InChI is InChI=1S/C12H19N3O2S/c1-12(2,3)8-6-9(13-17-8)15-10(18-5)7-14(4)11(15)16/h6,10H,7H2,1-5H3. The lowest BCUT2D eigenvalue weighted by molar-refractivity contribution is 0.229. The van der Waals surface area contributed by atoms with Gasteiger partial charge >= 0.3 is 6.03 Å². The van der Waals surface area contributed by atoms with Gasteiger partial charge in [0.15, 0.2) is 5.82 Å². The van der Waals surface area contributed by atoms with Crippen LogP contribution in [0, 0.1) is 0 Å². The lowest BCUT2D eigenvalue weighted by Crippen LogP contribution is -2.32. The number of likely N-dealkylation sites (N-methyl/N-ethyl adjacent to an activating group) is 1. The molecule has 1 unspecified atom stereocenters. The normalized spacial score (nSPS) is 20.9. The summed E-state index contributed by atoms with van der Waals surface area (Å²) in [6.07, 6.45) is 1.99. The molecular formula is C12H19N3O2S. The zero-order valence-corrected chi connectivity index (χ0v) is 12.2.